The number of benzene rings is 1. The first-order valence-corrected chi connectivity index (χ1v) is 9.72. The molecule has 1 saturated heterocycles. The Balaban J connectivity index is 1.60. The minimum absolute atomic E-state index is 0.0416. The zero-order valence-corrected chi connectivity index (χ0v) is 16.0. The largest absolute Gasteiger partial charge is 0.379 e. The van der Waals surface area contributed by atoms with E-state index in [1.54, 1.807) is 0 Å². The van der Waals surface area contributed by atoms with Gasteiger partial charge < -0.3 is 10.1 Å². The molecule has 2 N–H and O–H groups in total. The standard InChI is InChI=1S/C18H25N5O2S/c1-18(2,23-7-9-25-10-8-23)12-19-16(24)15-6-4-3-5-14(15)11-26-17-20-13-21-22-17/h3-6,13H,7-12H2,1-2H3,(H,19,24)(H,20,21,22). The van der Waals surface area contributed by atoms with Gasteiger partial charge in [-0.25, -0.2) is 4.98 Å². The number of H-pyrrole nitrogens is 1. The Morgan fingerprint density at radius 2 is 2.12 bits per heavy atom. The number of amides is 1. The summed E-state index contributed by atoms with van der Waals surface area (Å²) < 4.78 is 5.42. The molecule has 0 aliphatic carbocycles. The Labute approximate surface area is 157 Å². The van der Waals surface area contributed by atoms with Crippen molar-refractivity contribution in [2.45, 2.75) is 30.3 Å². The van der Waals surface area contributed by atoms with Gasteiger partial charge in [-0.3, -0.25) is 14.8 Å². The predicted molar refractivity (Wildman–Crippen MR) is 101 cm³/mol. The van der Waals surface area contributed by atoms with E-state index in [9.17, 15) is 4.79 Å². The van der Waals surface area contributed by atoms with Crippen molar-refractivity contribution in [3.05, 3.63) is 41.7 Å². The Hall–Kier alpha value is -1.90. The van der Waals surface area contributed by atoms with Gasteiger partial charge in [0.05, 0.1) is 13.2 Å². The van der Waals surface area contributed by atoms with Crippen molar-refractivity contribution >= 4 is 17.7 Å². The molecule has 2 heterocycles. The third-order valence-electron chi connectivity index (χ3n) is 4.57. The SMILES string of the molecule is CC(C)(CNC(=O)c1ccccc1CSc1ncn[nH]1)N1CCOCC1. The van der Waals surface area contributed by atoms with Crippen LogP contribution in [0.25, 0.3) is 0 Å². The van der Waals surface area contributed by atoms with Gasteiger partial charge in [-0.05, 0) is 25.5 Å². The lowest BCUT2D eigenvalue weighted by atomic mass is 10.0. The lowest BCUT2D eigenvalue weighted by Crippen LogP contribution is -2.55. The van der Waals surface area contributed by atoms with Crippen molar-refractivity contribution in [1.82, 2.24) is 25.4 Å². The molecule has 0 radical (unpaired) electrons. The number of hydrogen-bond donors (Lipinski definition) is 2. The summed E-state index contributed by atoms with van der Waals surface area (Å²) in [5.74, 6) is 0.617. The maximum absolute atomic E-state index is 12.8. The molecule has 0 bridgehead atoms. The van der Waals surface area contributed by atoms with Crippen molar-refractivity contribution in [3.63, 3.8) is 0 Å². The van der Waals surface area contributed by atoms with E-state index in [1.807, 2.05) is 24.3 Å². The van der Waals surface area contributed by atoms with E-state index in [0.717, 1.165) is 37.0 Å². The summed E-state index contributed by atoms with van der Waals surface area (Å²) in [5, 5.41) is 10.5. The highest BCUT2D eigenvalue weighted by Gasteiger charge is 2.28. The smallest absolute Gasteiger partial charge is 0.251 e. The number of ether oxygens (including phenoxy) is 1. The first kappa shape index (κ1) is 18.9. The van der Waals surface area contributed by atoms with Gasteiger partial charge in [0.25, 0.3) is 5.91 Å². The van der Waals surface area contributed by atoms with Crippen LogP contribution in [-0.4, -0.2) is 64.4 Å². The summed E-state index contributed by atoms with van der Waals surface area (Å²) in [5.41, 5.74) is 1.58. The summed E-state index contributed by atoms with van der Waals surface area (Å²) in [7, 11) is 0. The van der Waals surface area contributed by atoms with Gasteiger partial charge in [0, 0.05) is 36.5 Å². The molecule has 1 aromatic heterocycles. The molecule has 1 fully saturated rings. The Bertz CT molecular complexity index is 714. The number of carbonyl (C=O) groups is 1. The molecule has 0 saturated carbocycles. The average molecular weight is 375 g/mol. The molecule has 140 valence electrons. The zero-order chi connectivity index (χ0) is 18.4. The molecular formula is C18H25N5O2S. The summed E-state index contributed by atoms with van der Waals surface area (Å²) in [4.78, 5) is 19.2. The summed E-state index contributed by atoms with van der Waals surface area (Å²) in [6, 6.07) is 7.69. The van der Waals surface area contributed by atoms with E-state index in [1.165, 1.54) is 18.1 Å². The van der Waals surface area contributed by atoms with Crippen molar-refractivity contribution in [2.24, 2.45) is 0 Å². The van der Waals surface area contributed by atoms with Crippen LogP contribution in [0.2, 0.25) is 0 Å². The fourth-order valence-electron chi connectivity index (χ4n) is 2.95. The van der Waals surface area contributed by atoms with E-state index >= 15 is 0 Å². The molecule has 26 heavy (non-hydrogen) atoms. The Kier molecular flexibility index (Phi) is 6.29. The van der Waals surface area contributed by atoms with E-state index in [0.29, 0.717) is 17.9 Å². The normalized spacial score (nSPS) is 15.8. The molecule has 3 rings (SSSR count). The minimum atomic E-state index is -0.108. The van der Waals surface area contributed by atoms with E-state index in [4.69, 9.17) is 4.74 Å². The highest BCUT2D eigenvalue weighted by atomic mass is 32.2. The number of rotatable bonds is 7. The molecule has 1 amide bonds. The third kappa shape index (κ3) is 4.84. The van der Waals surface area contributed by atoms with Crippen LogP contribution in [0.4, 0.5) is 0 Å². The van der Waals surface area contributed by atoms with Gasteiger partial charge in [-0.2, -0.15) is 5.10 Å². The molecule has 0 unspecified atom stereocenters. The molecule has 2 aromatic rings. The van der Waals surface area contributed by atoms with Crippen molar-refractivity contribution in [2.75, 3.05) is 32.8 Å². The second kappa shape index (κ2) is 8.66. The first-order valence-electron chi connectivity index (χ1n) is 8.73. The van der Waals surface area contributed by atoms with E-state index in [-0.39, 0.29) is 11.4 Å². The predicted octanol–water partition coefficient (Wildman–Crippen LogP) is 1.94. The van der Waals surface area contributed by atoms with Gasteiger partial charge in [0.1, 0.15) is 6.33 Å². The van der Waals surface area contributed by atoms with Gasteiger partial charge in [-0.1, -0.05) is 30.0 Å². The van der Waals surface area contributed by atoms with Crippen LogP contribution in [0, 0.1) is 0 Å². The second-order valence-electron chi connectivity index (χ2n) is 6.83. The fraction of sp³-hybridized carbons (Fsp3) is 0.500. The van der Waals surface area contributed by atoms with E-state index < -0.39 is 0 Å². The number of aromatic nitrogens is 3. The van der Waals surface area contributed by atoms with Crippen molar-refractivity contribution < 1.29 is 9.53 Å². The van der Waals surface area contributed by atoms with Crippen molar-refractivity contribution in [3.8, 4) is 0 Å². The van der Waals surface area contributed by atoms with Crippen LogP contribution in [0.5, 0.6) is 0 Å². The maximum Gasteiger partial charge on any atom is 0.251 e. The molecule has 0 atom stereocenters. The second-order valence-corrected chi connectivity index (χ2v) is 7.80. The van der Waals surface area contributed by atoms with Crippen LogP contribution < -0.4 is 5.32 Å². The average Bonchev–Trinajstić information content (AvgIpc) is 3.19. The number of carbonyl (C=O) groups excluding carboxylic acids is 1. The monoisotopic (exact) mass is 375 g/mol. The highest BCUT2D eigenvalue weighted by molar-refractivity contribution is 7.98. The molecule has 0 spiro atoms. The Morgan fingerprint density at radius 1 is 1.35 bits per heavy atom. The lowest BCUT2D eigenvalue weighted by molar-refractivity contribution is -0.00923. The number of aromatic amines is 1. The third-order valence-corrected chi connectivity index (χ3v) is 5.49. The van der Waals surface area contributed by atoms with Crippen LogP contribution in [0.1, 0.15) is 29.8 Å². The fourth-order valence-corrected chi connectivity index (χ4v) is 3.73. The number of morpholine rings is 1. The molecule has 1 aliphatic rings. The molecule has 1 aromatic carbocycles. The topological polar surface area (TPSA) is 83.1 Å². The van der Waals surface area contributed by atoms with Crippen LogP contribution in [-0.2, 0) is 10.5 Å². The quantitative estimate of drug-likeness (QED) is 0.720. The highest BCUT2D eigenvalue weighted by Crippen LogP contribution is 2.21. The maximum atomic E-state index is 12.8. The molecule has 1 aliphatic heterocycles. The number of nitrogens with zero attached hydrogens (tertiary/aromatic N) is 3. The summed E-state index contributed by atoms with van der Waals surface area (Å²) in [6.45, 7) is 8.20. The minimum Gasteiger partial charge on any atom is -0.379 e. The Morgan fingerprint density at radius 3 is 2.85 bits per heavy atom. The van der Waals surface area contributed by atoms with Crippen LogP contribution in [0.3, 0.4) is 0 Å². The summed E-state index contributed by atoms with van der Waals surface area (Å²) in [6.07, 6.45) is 1.48. The molecular weight excluding hydrogens is 350 g/mol. The number of thioether (sulfide) groups is 1. The van der Waals surface area contributed by atoms with Crippen LogP contribution in [0.15, 0.2) is 35.7 Å². The summed E-state index contributed by atoms with van der Waals surface area (Å²) >= 11 is 1.53. The number of nitrogens with one attached hydrogen (secondary N) is 2. The van der Waals surface area contributed by atoms with Gasteiger partial charge in [0.15, 0.2) is 5.16 Å². The molecule has 7 nitrogen and oxygen atoms in total. The number of hydrogen-bond acceptors (Lipinski definition) is 6. The van der Waals surface area contributed by atoms with Crippen LogP contribution >= 0.6 is 11.8 Å². The lowest BCUT2D eigenvalue weighted by Gasteiger charge is -2.40. The van der Waals surface area contributed by atoms with Crippen molar-refractivity contribution in [1.29, 1.82) is 0 Å². The van der Waals surface area contributed by atoms with Gasteiger partial charge in [-0.15, -0.1) is 0 Å². The zero-order valence-electron chi connectivity index (χ0n) is 15.2. The van der Waals surface area contributed by atoms with E-state index in [2.05, 4.69) is 39.2 Å². The molecule has 8 heteroatoms. The van der Waals surface area contributed by atoms with Gasteiger partial charge in [0.2, 0.25) is 0 Å². The van der Waals surface area contributed by atoms with Gasteiger partial charge >= 0.3 is 0 Å². The first-order chi connectivity index (χ1) is 12.6.